The van der Waals surface area contributed by atoms with Crippen molar-refractivity contribution in [3.63, 3.8) is 0 Å². The van der Waals surface area contributed by atoms with Crippen molar-refractivity contribution < 1.29 is 75.8 Å². The first-order chi connectivity index (χ1) is 53.2. The van der Waals surface area contributed by atoms with Crippen molar-refractivity contribution >= 4 is 33.6 Å². The van der Waals surface area contributed by atoms with Crippen LogP contribution in [0.1, 0.15) is 367 Å². The van der Waals surface area contributed by atoms with Crippen LogP contribution >= 0.6 is 15.6 Å². The van der Waals surface area contributed by atoms with E-state index in [1.54, 1.807) is 0 Å². The van der Waals surface area contributed by atoms with Crippen LogP contribution in [-0.2, 0) is 55.8 Å². The van der Waals surface area contributed by atoms with Gasteiger partial charge in [-0.1, -0.05) is 347 Å². The smallest absolute Gasteiger partial charge is 0.463 e. The average Bonchev–Trinajstić information content (AvgIpc) is 0.903. The lowest BCUT2D eigenvalue weighted by atomic mass is 10.0. The van der Waals surface area contributed by atoms with Crippen LogP contribution < -0.4 is 0 Å². The van der Waals surface area contributed by atoms with E-state index in [-0.39, 0.29) is 19.3 Å². The summed E-state index contributed by atoms with van der Waals surface area (Å²) in [6.07, 6.45) is 102. The van der Waals surface area contributed by atoms with Crippen LogP contribution in [0.4, 0.5) is 0 Å². The number of esters is 3. The number of aliphatic hydroxyl groups excluding tert-OH is 2. The van der Waals surface area contributed by atoms with Gasteiger partial charge in [-0.2, -0.15) is 0 Å². The summed E-state index contributed by atoms with van der Waals surface area (Å²) in [6.45, 7) is 2.52. The van der Waals surface area contributed by atoms with E-state index in [0.29, 0.717) is 19.3 Å². The lowest BCUT2D eigenvalue weighted by Crippen LogP contribution is -2.30. The molecule has 628 valence electrons. The van der Waals surface area contributed by atoms with E-state index in [1.165, 1.54) is 161 Å². The molecule has 0 bridgehead atoms. The molecule has 109 heavy (non-hydrogen) atoms. The van der Waals surface area contributed by atoms with E-state index in [9.17, 15) is 43.5 Å². The first-order valence-electron chi connectivity index (χ1n) is 43.5. The molecule has 0 aliphatic rings. The van der Waals surface area contributed by atoms with E-state index in [4.69, 9.17) is 32.3 Å². The molecule has 0 aliphatic heterocycles. The van der Waals surface area contributed by atoms with Crippen molar-refractivity contribution in [1.29, 1.82) is 0 Å². The van der Waals surface area contributed by atoms with Gasteiger partial charge in [0.1, 0.15) is 25.4 Å². The minimum Gasteiger partial charge on any atom is -0.463 e. The number of rotatable bonds is 82. The second kappa shape index (κ2) is 83.1. The maximum absolute atomic E-state index is 12.9. The number of phosphoric ester groups is 2. The molecule has 18 heteroatoms. The second-order valence-electron chi connectivity index (χ2n) is 29.0. The third kappa shape index (κ3) is 84.4. The minimum absolute atomic E-state index is 0.0931. The predicted octanol–water partition coefficient (Wildman–Crippen LogP) is 26.2. The van der Waals surface area contributed by atoms with E-state index in [0.717, 1.165) is 148 Å². The van der Waals surface area contributed by atoms with Crippen molar-refractivity contribution in [3.05, 3.63) is 134 Å². The Bertz CT molecular complexity index is 2510. The van der Waals surface area contributed by atoms with Crippen LogP contribution in [0, 0.1) is 0 Å². The van der Waals surface area contributed by atoms with Crippen molar-refractivity contribution in [2.24, 2.45) is 0 Å². The monoisotopic (exact) mass is 1570 g/mol. The van der Waals surface area contributed by atoms with Gasteiger partial charge in [-0.15, -0.1) is 0 Å². The maximum atomic E-state index is 12.9. The van der Waals surface area contributed by atoms with E-state index >= 15 is 0 Å². The highest BCUT2D eigenvalue weighted by atomic mass is 31.2. The summed E-state index contributed by atoms with van der Waals surface area (Å²) in [4.78, 5) is 58.7. The zero-order valence-corrected chi connectivity index (χ0v) is 70.7. The molecule has 0 fully saturated rings. The molecule has 0 saturated carbocycles. The third-order valence-corrected chi connectivity index (χ3v) is 20.2. The van der Waals surface area contributed by atoms with Crippen LogP contribution in [0.5, 0.6) is 0 Å². The molecule has 5 atom stereocenters. The Morgan fingerprint density at radius 3 is 0.807 bits per heavy atom. The Morgan fingerprint density at radius 2 is 0.495 bits per heavy atom. The molecular weight excluding hydrogens is 1410 g/mol. The Kier molecular flexibility index (Phi) is 79.8. The predicted molar refractivity (Wildman–Crippen MR) is 454 cm³/mol. The first-order valence-corrected chi connectivity index (χ1v) is 46.5. The molecule has 0 radical (unpaired) electrons. The summed E-state index contributed by atoms with van der Waals surface area (Å²) < 4.78 is 61.2. The van der Waals surface area contributed by atoms with Crippen LogP contribution in [-0.4, -0.2) is 95.9 Å². The molecule has 0 saturated heterocycles. The summed E-state index contributed by atoms with van der Waals surface area (Å²) in [5.41, 5.74) is 0. The van der Waals surface area contributed by atoms with Crippen molar-refractivity contribution in [2.45, 2.75) is 386 Å². The van der Waals surface area contributed by atoms with Gasteiger partial charge in [-0.05, 0) is 135 Å². The fraction of sp³-hybridized carbons (Fsp3) is 0.725. The molecule has 16 nitrogen and oxygen atoms in total. The Balaban J connectivity index is 4.35. The molecule has 0 aromatic rings. The zero-order chi connectivity index (χ0) is 79.4. The second-order valence-corrected chi connectivity index (χ2v) is 31.9. The van der Waals surface area contributed by atoms with Gasteiger partial charge in [-0.25, -0.2) is 9.13 Å². The number of phosphoric acid groups is 2. The van der Waals surface area contributed by atoms with Crippen molar-refractivity contribution in [1.82, 2.24) is 0 Å². The van der Waals surface area contributed by atoms with Crippen LogP contribution in [0.3, 0.4) is 0 Å². The standard InChI is InChI=1S/C91H158O16P2/c1-4-7-10-13-16-19-22-24-26-28-30-32-34-36-38-39-40-41-42-43-44-45-47-49-50-52-54-56-58-60-63-65-68-71-74-77-89(94)101-80-86(92)81-103-108(97,98)104-82-87(93)83-105-109(99,100)106-85-88(107-91(96)79-76-73-70-67-62-21-18-15-12-9-6-3)84-102-90(95)78-75-72-69-66-64-61-59-57-55-53-51-48-46-37-35-33-31-29-27-25-23-20-17-14-11-8-5-2/h7,10,15-20,24-27,30-33,36-38,40-41,46,86-88,92-93H,4-6,8-9,11-14,21-23,28-29,34-35,39,42-45,47-85H2,1-3H3,(H,97,98)(H,99,100)/b10-7-,18-15-,19-16-,20-17-,26-24-,27-25-,32-30-,33-31-,38-36-,41-40-,46-37-. The summed E-state index contributed by atoms with van der Waals surface area (Å²) >= 11 is 0. The number of carbonyl (C=O) groups is 3. The third-order valence-electron chi connectivity index (χ3n) is 18.3. The van der Waals surface area contributed by atoms with Gasteiger partial charge in [0.2, 0.25) is 0 Å². The largest absolute Gasteiger partial charge is 0.472 e. The molecule has 0 heterocycles. The maximum Gasteiger partial charge on any atom is 0.472 e. The van der Waals surface area contributed by atoms with E-state index < -0.39 is 91.5 Å². The van der Waals surface area contributed by atoms with Crippen LogP contribution in [0.25, 0.3) is 0 Å². The number of hydrogen-bond acceptors (Lipinski definition) is 14. The molecular formula is C91H158O16P2. The Morgan fingerprint density at radius 1 is 0.266 bits per heavy atom. The highest BCUT2D eigenvalue weighted by Crippen LogP contribution is 2.45. The van der Waals surface area contributed by atoms with E-state index in [1.807, 2.05) is 0 Å². The number of ether oxygens (including phenoxy) is 3. The number of hydrogen-bond donors (Lipinski definition) is 4. The highest BCUT2D eigenvalue weighted by molar-refractivity contribution is 7.47. The van der Waals surface area contributed by atoms with Gasteiger partial charge in [0.05, 0.1) is 26.4 Å². The van der Waals surface area contributed by atoms with Gasteiger partial charge >= 0.3 is 33.6 Å². The molecule has 0 aliphatic carbocycles. The van der Waals surface area contributed by atoms with Gasteiger partial charge in [-0.3, -0.25) is 32.5 Å². The van der Waals surface area contributed by atoms with Gasteiger partial charge in [0, 0.05) is 19.3 Å². The average molecular weight is 1570 g/mol. The van der Waals surface area contributed by atoms with Crippen molar-refractivity contribution in [3.8, 4) is 0 Å². The minimum atomic E-state index is -4.93. The molecule has 5 unspecified atom stereocenters. The molecule has 0 rings (SSSR count). The number of carbonyl (C=O) groups excluding carboxylic acids is 3. The number of aliphatic hydroxyl groups is 2. The number of unbranched alkanes of at least 4 members (excludes halogenated alkanes) is 37. The van der Waals surface area contributed by atoms with Crippen LogP contribution in [0.15, 0.2) is 134 Å². The van der Waals surface area contributed by atoms with Crippen LogP contribution in [0.2, 0.25) is 0 Å². The molecule has 0 aromatic carbocycles. The fourth-order valence-corrected chi connectivity index (χ4v) is 13.3. The normalized spacial score (nSPS) is 14.5. The molecule has 0 spiro atoms. The SMILES string of the molecule is CC/C=C\C/C=C\C/C=C\C/C=C\C/C=C\C/C=C\CCCCCCCCCCCCCCCCCCC(=O)OCC(O)COP(=O)(O)OCC(O)COP(=O)(O)OCC(COC(=O)CCCCCCCCCCCCC/C=C\C/C=C\C/C=C\C/C=C\CCCCC)OC(=O)CCCCCCC/C=C\CCCC. The zero-order valence-electron chi connectivity index (χ0n) is 68.9. The Labute approximate surface area is 665 Å². The first kappa shape index (κ1) is 105. The molecule has 0 amide bonds. The lowest BCUT2D eigenvalue weighted by molar-refractivity contribution is -0.161. The quantitative estimate of drug-likeness (QED) is 0.0146. The molecule has 0 aromatic heterocycles. The van der Waals surface area contributed by atoms with Gasteiger partial charge in [0.15, 0.2) is 6.10 Å². The lowest BCUT2D eigenvalue weighted by Gasteiger charge is -2.21. The topological polar surface area (TPSA) is 231 Å². The van der Waals surface area contributed by atoms with E-state index in [2.05, 4.69) is 154 Å². The summed E-state index contributed by atoms with van der Waals surface area (Å²) in [7, 11) is -9.79. The summed E-state index contributed by atoms with van der Waals surface area (Å²) in [5.74, 6) is -1.58. The van der Waals surface area contributed by atoms with Gasteiger partial charge < -0.3 is 34.2 Å². The van der Waals surface area contributed by atoms with Gasteiger partial charge in [0.25, 0.3) is 0 Å². The summed E-state index contributed by atoms with van der Waals surface area (Å²) in [5, 5.41) is 20.7. The summed E-state index contributed by atoms with van der Waals surface area (Å²) in [6, 6.07) is 0. The highest BCUT2D eigenvalue weighted by Gasteiger charge is 2.29. The number of allylic oxidation sites excluding steroid dienone is 22. The fourth-order valence-electron chi connectivity index (χ4n) is 11.7. The Hall–Kier alpha value is -4.31. The van der Waals surface area contributed by atoms with Crippen molar-refractivity contribution in [2.75, 3.05) is 39.6 Å². The molecule has 4 N–H and O–H groups in total.